The van der Waals surface area contributed by atoms with Crippen LogP contribution < -0.4 is 16.1 Å². The number of anilines is 1. The van der Waals surface area contributed by atoms with Crippen molar-refractivity contribution in [3.8, 4) is 0 Å². The van der Waals surface area contributed by atoms with Gasteiger partial charge in [0, 0.05) is 18.3 Å². The summed E-state index contributed by atoms with van der Waals surface area (Å²) in [6, 6.07) is 6.03. The molecule has 1 heterocycles. The van der Waals surface area contributed by atoms with Crippen LogP contribution in [-0.2, 0) is 6.54 Å². The van der Waals surface area contributed by atoms with E-state index in [0.29, 0.717) is 16.3 Å². The summed E-state index contributed by atoms with van der Waals surface area (Å²) in [5.41, 5.74) is 6.04. The molecule has 0 saturated heterocycles. The Hall–Kier alpha value is -2.51. The van der Waals surface area contributed by atoms with Gasteiger partial charge < -0.3 is 15.4 Å². The number of nitrogens with zero attached hydrogens (tertiary/aromatic N) is 2. The Kier molecular flexibility index (Phi) is 5.16. The van der Waals surface area contributed by atoms with Crippen LogP contribution >= 0.6 is 23.2 Å². The molecule has 7 nitrogen and oxygen atoms in total. The zero-order valence-electron chi connectivity index (χ0n) is 12.6. The molecule has 0 bridgehead atoms. The number of pyridine rings is 1. The standard InChI is InChI=1S/C15H14Cl2N4O3/c1-20(15(23)24)12-3-2-9(16)4-8(12)6-21-7-10(17)5-11(13(21)18)14(19)22/h2-5,7,18H,6H2,1H3,(H2,19,22)(H,23,24). The summed E-state index contributed by atoms with van der Waals surface area (Å²) < 4.78 is 1.40. The molecule has 1 aromatic carbocycles. The van der Waals surface area contributed by atoms with Gasteiger partial charge in [-0.25, -0.2) is 4.79 Å². The molecule has 126 valence electrons. The van der Waals surface area contributed by atoms with Crippen LogP contribution in [0, 0.1) is 5.41 Å². The van der Waals surface area contributed by atoms with Gasteiger partial charge in [0.2, 0.25) is 0 Å². The number of halogens is 2. The minimum Gasteiger partial charge on any atom is -0.465 e. The van der Waals surface area contributed by atoms with E-state index in [1.807, 2.05) is 0 Å². The normalized spacial score (nSPS) is 10.5. The quantitative estimate of drug-likeness (QED) is 0.770. The molecule has 0 fully saturated rings. The molecule has 2 aromatic rings. The Morgan fingerprint density at radius 1 is 1.29 bits per heavy atom. The summed E-state index contributed by atoms with van der Waals surface area (Å²) in [5, 5.41) is 17.9. The van der Waals surface area contributed by atoms with E-state index in [0.717, 1.165) is 4.90 Å². The lowest BCUT2D eigenvalue weighted by Crippen LogP contribution is -2.31. The van der Waals surface area contributed by atoms with Gasteiger partial charge in [0.05, 0.1) is 22.8 Å². The highest BCUT2D eigenvalue weighted by Gasteiger charge is 2.15. The lowest BCUT2D eigenvalue weighted by Gasteiger charge is -2.19. The number of benzene rings is 1. The van der Waals surface area contributed by atoms with Gasteiger partial charge in [-0.05, 0) is 29.8 Å². The first-order chi connectivity index (χ1) is 11.2. The van der Waals surface area contributed by atoms with Crippen LogP contribution in [-0.4, -0.2) is 28.7 Å². The van der Waals surface area contributed by atoms with Crippen LogP contribution in [0.5, 0.6) is 0 Å². The first-order valence-corrected chi connectivity index (χ1v) is 7.45. The maximum absolute atomic E-state index is 11.4. The van der Waals surface area contributed by atoms with Gasteiger partial charge in [0.1, 0.15) is 5.49 Å². The molecule has 0 radical (unpaired) electrons. The van der Waals surface area contributed by atoms with Crippen molar-refractivity contribution >= 4 is 40.9 Å². The largest absolute Gasteiger partial charge is 0.465 e. The van der Waals surface area contributed by atoms with E-state index in [-0.39, 0.29) is 22.6 Å². The number of hydrogen-bond donors (Lipinski definition) is 3. The lowest BCUT2D eigenvalue weighted by molar-refractivity contribution is 0.0997. The van der Waals surface area contributed by atoms with Gasteiger partial charge in [0.15, 0.2) is 0 Å². The molecule has 0 aliphatic rings. The molecular weight excluding hydrogens is 355 g/mol. The summed E-state index contributed by atoms with van der Waals surface area (Å²) in [4.78, 5) is 23.7. The number of primary amides is 1. The molecule has 2 amide bonds. The fourth-order valence-corrected chi connectivity index (χ4v) is 2.64. The molecule has 0 atom stereocenters. The average Bonchev–Trinajstić information content (AvgIpc) is 2.49. The van der Waals surface area contributed by atoms with E-state index in [2.05, 4.69) is 0 Å². The summed E-state index contributed by atoms with van der Waals surface area (Å²) in [7, 11) is 1.40. The summed E-state index contributed by atoms with van der Waals surface area (Å²) in [6.45, 7) is 0.0905. The highest BCUT2D eigenvalue weighted by Crippen LogP contribution is 2.25. The molecular formula is C15H14Cl2N4O3. The molecule has 0 unspecified atom stereocenters. The van der Waals surface area contributed by atoms with Crippen molar-refractivity contribution in [3.05, 3.63) is 57.1 Å². The second kappa shape index (κ2) is 6.94. The third-order valence-electron chi connectivity index (χ3n) is 3.40. The monoisotopic (exact) mass is 368 g/mol. The van der Waals surface area contributed by atoms with Gasteiger partial charge in [-0.1, -0.05) is 23.2 Å². The predicted molar refractivity (Wildman–Crippen MR) is 90.8 cm³/mol. The number of carbonyl (C=O) groups is 2. The second-order valence-electron chi connectivity index (χ2n) is 5.03. The zero-order chi connectivity index (χ0) is 18.0. The van der Waals surface area contributed by atoms with Crippen molar-refractivity contribution in [2.75, 3.05) is 11.9 Å². The maximum atomic E-state index is 11.4. The smallest absolute Gasteiger partial charge is 0.411 e. The number of rotatable bonds is 4. The van der Waals surface area contributed by atoms with E-state index in [1.165, 1.54) is 23.9 Å². The molecule has 9 heteroatoms. The van der Waals surface area contributed by atoms with Crippen LogP contribution in [0.4, 0.5) is 10.5 Å². The van der Waals surface area contributed by atoms with Gasteiger partial charge in [-0.15, -0.1) is 0 Å². The van der Waals surface area contributed by atoms with E-state index >= 15 is 0 Å². The fraction of sp³-hybridized carbons (Fsp3) is 0.133. The van der Waals surface area contributed by atoms with Gasteiger partial charge in [0.25, 0.3) is 5.91 Å². The first-order valence-electron chi connectivity index (χ1n) is 6.70. The Morgan fingerprint density at radius 2 is 1.96 bits per heavy atom. The van der Waals surface area contributed by atoms with Crippen molar-refractivity contribution in [1.82, 2.24) is 4.57 Å². The molecule has 4 N–H and O–H groups in total. The summed E-state index contributed by atoms with van der Waals surface area (Å²) in [6.07, 6.45) is 0.320. The fourth-order valence-electron chi connectivity index (χ4n) is 2.22. The van der Waals surface area contributed by atoms with Crippen molar-refractivity contribution in [3.63, 3.8) is 0 Å². The third kappa shape index (κ3) is 3.69. The van der Waals surface area contributed by atoms with E-state index in [1.54, 1.807) is 18.2 Å². The number of aromatic nitrogens is 1. The molecule has 0 aliphatic heterocycles. The number of nitrogens with two attached hydrogens (primary N) is 1. The minimum absolute atomic E-state index is 0.0299. The van der Waals surface area contributed by atoms with E-state index in [4.69, 9.17) is 34.3 Å². The highest BCUT2D eigenvalue weighted by molar-refractivity contribution is 6.31. The maximum Gasteiger partial charge on any atom is 0.411 e. The highest BCUT2D eigenvalue weighted by atomic mass is 35.5. The number of carbonyl (C=O) groups excluding carboxylic acids is 1. The van der Waals surface area contributed by atoms with E-state index in [9.17, 15) is 14.7 Å². The first kappa shape index (κ1) is 17.8. The Morgan fingerprint density at radius 3 is 2.54 bits per heavy atom. The van der Waals surface area contributed by atoms with Crippen LogP contribution in [0.3, 0.4) is 0 Å². The zero-order valence-corrected chi connectivity index (χ0v) is 14.1. The van der Waals surface area contributed by atoms with Crippen molar-refractivity contribution in [1.29, 1.82) is 5.41 Å². The SMILES string of the molecule is CN(C(=O)O)c1ccc(Cl)cc1Cn1cc(Cl)cc(C(N)=O)c1=N. The number of carboxylic acid groups (broad SMARTS) is 1. The molecule has 0 spiro atoms. The predicted octanol–water partition coefficient (Wildman–Crippen LogP) is 2.54. The molecule has 24 heavy (non-hydrogen) atoms. The van der Waals surface area contributed by atoms with Crippen LogP contribution in [0.15, 0.2) is 30.5 Å². The van der Waals surface area contributed by atoms with Crippen molar-refractivity contribution < 1.29 is 14.7 Å². The van der Waals surface area contributed by atoms with Crippen molar-refractivity contribution in [2.24, 2.45) is 5.73 Å². The van der Waals surface area contributed by atoms with Crippen LogP contribution in [0.2, 0.25) is 10.0 Å². The van der Waals surface area contributed by atoms with Crippen LogP contribution in [0.1, 0.15) is 15.9 Å². The lowest BCUT2D eigenvalue weighted by atomic mass is 10.1. The molecule has 2 rings (SSSR count). The Labute approximate surface area is 147 Å². The van der Waals surface area contributed by atoms with Gasteiger partial charge >= 0.3 is 6.09 Å². The molecule has 1 aromatic heterocycles. The third-order valence-corrected chi connectivity index (χ3v) is 3.84. The topological polar surface area (TPSA) is 112 Å². The van der Waals surface area contributed by atoms with Gasteiger partial charge in [-0.2, -0.15) is 0 Å². The number of hydrogen-bond acceptors (Lipinski definition) is 3. The second-order valence-corrected chi connectivity index (χ2v) is 5.90. The molecule has 0 saturated carbocycles. The average molecular weight is 369 g/mol. The van der Waals surface area contributed by atoms with Gasteiger partial charge in [-0.3, -0.25) is 15.1 Å². The molecule has 0 aliphatic carbocycles. The minimum atomic E-state index is -1.14. The number of nitrogens with one attached hydrogen (secondary N) is 1. The van der Waals surface area contributed by atoms with E-state index < -0.39 is 12.0 Å². The van der Waals surface area contributed by atoms with Crippen molar-refractivity contribution in [2.45, 2.75) is 6.54 Å². The Bertz CT molecular complexity index is 880. The van der Waals surface area contributed by atoms with Crippen LogP contribution in [0.25, 0.3) is 0 Å². The summed E-state index contributed by atoms with van der Waals surface area (Å²) >= 11 is 12.0. The number of amides is 2. The summed E-state index contributed by atoms with van der Waals surface area (Å²) in [5.74, 6) is -0.773. The Balaban J connectivity index is 2.56.